The van der Waals surface area contributed by atoms with Gasteiger partial charge in [0.15, 0.2) is 5.96 Å². The van der Waals surface area contributed by atoms with Crippen LogP contribution in [-0.4, -0.2) is 57.2 Å². The Labute approximate surface area is 159 Å². The van der Waals surface area contributed by atoms with Gasteiger partial charge in [0, 0.05) is 26.7 Å². The number of nitrogens with one attached hydrogen (secondary N) is 2. The number of guanidine groups is 1. The number of likely N-dealkylation sites (tertiary alicyclic amines) is 1. The van der Waals surface area contributed by atoms with Gasteiger partial charge in [-0.25, -0.2) is 0 Å². The summed E-state index contributed by atoms with van der Waals surface area (Å²) >= 11 is 0. The molecule has 0 aliphatic carbocycles. The molecule has 1 aliphatic heterocycles. The Morgan fingerprint density at radius 2 is 1.73 bits per heavy atom. The summed E-state index contributed by atoms with van der Waals surface area (Å²) in [6, 6.07) is 10.3. The van der Waals surface area contributed by atoms with Crippen LogP contribution in [0.1, 0.15) is 32.3 Å². The second-order valence-electron chi connectivity index (χ2n) is 7.55. The minimum absolute atomic E-state index is 0.430. The Bertz CT molecular complexity index is 514. The lowest BCUT2D eigenvalue weighted by molar-refractivity contribution is 0.0931. The second kappa shape index (κ2) is 11.9. The van der Waals surface area contributed by atoms with E-state index in [-0.39, 0.29) is 0 Å². The van der Waals surface area contributed by atoms with E-state index in [0.717, 1.165) is 25.7 Å². The molecule has 0 bridgehead atoms. The van der Waals surface area contributed by atoms with Crippen LogP contribution in [0.5, 0.6) is 0 Å². The standard InChI is InChI=1S/C21H36N4O/c1-18(15-25-11-7-8-12-25)13-23-21(22-3)24-14-19(2)16-26-17-20-9-5-4-6-10-20/h4-6,9-10,18-19H,7-8,11-17H2,1-3H3,(H2,22,23,24). The predicted octanol–water partition coefficient (Wildman–Crippen LogP) is 2.74. The first-order chi connectivity index (χ1) is 12.7. The van der Waals surface area contributed by atoms with Crippen LogP contribution in [0.3, 0.4) is 0 Å². The van der Waals surface area contributed by atoms with Crippen molar-refractivity contribution in [2.45, 2.75) is 33.3 Å². The zero-order chi connectivity index (χ0) is 18.6. The predicted molar refractivity (Wildman–Crippen MR) is 109 cm³/mol. The molecule has 1 aliphatic rings. The number of rotatable bonds is 10. The molecular weight excluding hydrogens is 324 g/mol. The maximum absolute atomic E-state index is 5.81. The van der Waals surface area contributed by atoms with E-state index in [0.29, 0.717) is 18.4 Å². The highest BCUT2D eigenvalue weighted by Gasteiger charge is 2.14. The van der Waals surface area contributed by atoms with Gasteiger partial charge in [0.05, 0.1) is 13.2 Å². The van der Waals surface area contributed by atoms with Crippen molar-refractivity contribution < 1.29 is 4.74 Å². The van der Waals surface area contributed by atoms with Gasteiger partial charge < -0.3 is 20.3 Å². The van der Waals surface area contributed by atoms with E-state index in [1.807, 2.05) is 25.2 Å². The lowest BCUT2D eigenvalue weighted by atomic mass is 10.1. The van der Waals surface area contributed by atoms with Crippen LogP contribution in [0, 0.1) is 11.8 Å². The fourth-order valence-corrected chi connectivity index (χ4v) is 3.24. The van der Waals surface area contributed by atoms with Crippen LogP contribution < -0.4 is 10.6 Å². The number of nitrogens with zero attached hydrogens (tertiary/aromatic N) is 2. The third-order valence-corrected chi connectivity index (χ3v) is 4.74. The molecule has 0 saturated carbocycles. The molecule has 2 atom stereocenters. The van der Waals surface area contributed by atoms with Crippen molar-refractivity contribution in [3.05, 3.63) is 35.9 Å². The Morgan fingerprint density at radius 3 is 2.38 bits per heavy atom. The van der Waals surface area contributed by atoms with Crippen LogP contribution in [0.4, 0.5) is 0 Å². The van der Waals surface area contributed by atoms with Crippen molar-refractivity contribution in [3.63, 3.8) is 0 Å². The highest BCUT2D eigenvalue weighted by Crippen LogP contribution is 2.09. The number of aliphatic imine (C=N–C) groups is 1. The summed E-state index contributed by atoms with van der Waals surface area (Å²) in [5.74, 6) is 1.94. The molecule has 2 unspecified atom stereocenters. The quantitative estimate of drug-likeness (QED) is 0.498. The Balaban J connectivity index is 1.56. The molecule has 0 spiro atoms. The molecule has 26 heavy (non-hydrogen) atoms. The van der Waals surface area contributed by atoms with E-state index in [9.17, 15) is 0 Å². The van der Waals surface area contributed by atoms with Gasteiger partial charge in [-0.1, -0.05) is 44.2 Å². The van der Waals surface area contributed by atoms with Gasteiger partial charge >= 0.3 is 0 Å². The lowest BCUT2D eigenvalue weighted by Crippen LogP contribution is -2.43. The molecule has 5 nitrogen and oxygen atoms in total. The van der Waals surface area contributed by atoms with Crippen molar-refractivity contribution in [1.29, 1.82) is 0 Å². The normalized spacial score (nSPS) is 17.9. The average molecular weight is 361 g/mol. The Hall–Kier alpha value is -1.59. The monoisotopic (exact) mass is 360 g/mol. The zero-order valence-corrected chi connectivity index (χ0v) is 16.7. The molecule has 1 heterocycles. The second-order valence-corrected chi connectivity index (χ2v) is 7.55. The molecule has 5 heteroatoms. The fraction of sp³-hybridized carbons (Fsp3) is 0.667. The number of hydrogen-bond donors (Lipinski definition) is 2. The third kappa shape index (κ3) is 8.19. The molecule has 0 aromatic heterocycles. The summed E-state index contributed by atoms with van der Waals surface area (Å²) < 4.78 is 5.81. The summed E-state index contributed by atoms with van der Waals surface area (Å²) in [5, 5.41) is 6.86. The summed E-state index contributed by atoms with van der Waals surface area (Å²) in [7, 11) is 1.83. The van der Waals surface area contributed by atoms with Crippen molar-refractivity contribution in [2.75, 3.05) is 46.4 Å². The largest absolute Gasteiger partial charge is 0.376 e. The van der Waals surface area contributed by atoms with Gasteiger partial charge in [-0.3, -0.25) is 4.99 Å². The first-order valence-corrected chi connectivity index (χ1v) is 9.96. The van der Waals surface area contributed by atoms with Crippen LogP contribution in [-0.2, 0) is 11.3 Å². The zero-order valence-electron chi connectivity index (χ0n) is 16.7. The van der Waals surface area contributed by atoms with Gasteiger partial charge in [-0.15, -0.1) is 0 Å². The Kier molecular flexibility index (Phi) is 9.50. The lowest BCUT2D eigenvalue weighted by Gasteiger charge is -2.22. The van der Waals surface area contributed by atoms with Crippen LogP contribution >= 0.6 is 0 Å². The van der Waals surface area contributed by atoms with Crippen LogP contribution in [0.25, 0.3) is 0 Å². The molecule has 1 saturated heterocycles. The summed E-state index contributed by atoms with van der Waals surface area (Å²) in [6.07, 6.45) is 2.71. The van der Waals surface area contributed by atoms with Gasteiger partial charge in [0.2, 0.25) is 0 Å². The summed E-state index contributed by atoms with van der Waals surface area (Å²) in [6.45, 7) is 11.4. The first kappa shape index (κ1) is 20.7. The third-order valence-electron chi connectivity index (χ3n) is 4.74. The maximum Gasteiger partial charge on any atom is 0.190 e. The van der Waals surface area contributed by atoms with E-state index in [2.05, 4.69) is 46.5 Å². The van der Waals surface area contributed by atoms with Gasteiger partial charge in [-0.2, -0.15) is 0 Å². The molecule has 146 valence electrons. The average Bonchev–Trinajstić information content (AvgIpc) is 3.15. The minimum Gasteiger partial charge on any atom is -0.376 e. The highest BCUT2D eigenvalue weighted by atomic mass is 16.5. The molecule has 1 fully saturated rings. The van der Waals surface area contributed by atoms with E-state index in [1.165, 1.54) is 38.0 Å². The van der Waals surface area contributed by atoms with E-state index in [4.69, 9.17) is 4.74 Å². The van der Waals surface area contributed by atoms with Crippen molar-refractivity contribution >= 4 is 5.96 Å². The summed E-state index contributed by atoms with van der Waals surface area (Å²) in [5.41, 5.74) is 1.22. The van der Waals surface area contributed by atoms with E-state index >= 15 is 0 Å². The number of benzene rings is 1. The van der Waals surface area contributed by atoms with E-state index in [1.54, 1.807) is 0 Å². The van der Waals surface area contributed by atoms with Crippen LogP contribution in [0.2, 0.25) is 0 Å². The molecule has 1 aromatic carbocycles. The van der Waals surface area contributed by atoms with E-state index < -0.39 is 0 Å². The van der Waals surface area contributed by atoms with Gasteiger partial charge in [0.25, 0.3) is 0 Å². The number of hydrogen-bond acceptors (Lipinski definition) is 3. The highest BCUT2D eigenvalue weighted by molar-refractivity contribution is 5.79. The number of ether oxygens (including phenoxy) is 1. The van der Waals surface area contributed by atoms with Gasteiger partial charge in [0.1, 0.15) is 0 Å². The molecule has 2 rings (SSSR count). The van der Waals surface area contributed by atoms with Crippen molar-refractivity contribution in [3.8, 4) is 0 Å². The minimum atomic E-state index is 0.430. The van der Waals surface area contributed by atoms with Crippen molar-refractivity contribution in [1.82, 2.24) is 15.5 Å². The van der Waals surface area contributed by atoms with Gasteiger partial charge in [-0.05, 0) is 43.3 Å². The topological polar surface area (TPSA) is 48.9 Å². The molecular formula is C21H36N4O. The smallest absolute Gasteiger partial charge is 0.190 e. The van der Waals surface area contributed by atoms with Crippen molar-refractivity contribution in [2.24, 2.45) is 16.8 Å². The SMILES string of the molecule is CN=C(NCC(C)COCc1ccccc1)NCC(C)CN1CCCC1. The van der Waals surface area contributed by atoms with Crippen LogP contribution in [0.15, 0.2) is 35.3 Å². The fourth-order valence-electron chi connectivity index (χ4n) is 3.24. The summed E-state index contributed by atoms with van der Waals surface area (Å²) in [4.78, 5) is 6.90. The first-order valence-electron chi connectivity index (χ1n) is 9.96. The molecule has 0 radical (unpaired) electrons. The Morgan fingerprint density at radius 1 is 1.08 bits per heavy atom. The molecule has 2 N–H and O–H groups in total. The molecule has 0 amide bonds. The molecule has 1 aromatic rings. The maximum atomic E-state index is 5.81.